The molecule has 4 rings (SSSR count). The number of imidazole rings is 1. The highest BCUT2D eigenvalue weighted by Gasteiger charge is 2.26. The molecular weight excluding hydrogens is 494 g/mol. The summed E-state index contributed by atoms with van der Waals surface area (Å²) < 4.78 is 5.21. The highest BCUT2D eigenvalue weighted by Crippen LogP contribution is 2.35. The van der Waals surface area contributed by atoms with E-state index in [1.54, 1.807) is 25.7 Å². The third kappa shape index (κ3) is 7.56. The summed E-state index contributed by atoms with van der Waals surface area (Å²) in [6, 6.07) is 8.36. The van der Waals surface area contributed by atoms with Crippen molar-refractivity contribution >= 4 is 23.4 Å². The number of alkyl carbamates (subject to hydrolysis) is 1. The Morgan fingerprint density at radius 2 is 1.97 bits per heavy atom. The van der Waals surface area contributed by atoms with Gasteiger partial charge >= 0.3 is 6.09 Å². The van der Waals surface area contributed by atoms with Crippen molar-refractivity contribution in [3.05, 3.63) is 58.7 Å². The first kappa shape index (κ1) is 28.1. The van der Waals surface area contributed by atoms with E-state index in [0.29, 0.717) is 19.0 Å². The van der Waals surface area contributed by atoms with E-state index < -0.39 is 11.7 Å². The molecule has 0 radical (unpaired) electrons. The summed E-state index contributed by atoms with van der Waals surface area (Å²) in [5.41, 5.74) is 4.25. The minimum Gasteiger partial charge on any atom is -0.444 e. The molecular formula is C30H37N5O4. The van der Waals surface area contributed by atoms with Crippen LogP contribution in [0.15, 0.2) is 30.5 Å². The SMILES string of the molecule is CC(C)(C)OC(=O)NCC(=O)N1CCC(c2ccc(CC(=O)c3ncc(C#N)[nH]3)c(C3=CCCCC3)c2)CC1. The number of likely N-dealkylation sites (tertiary alicyclic amines) is 1. The van der Waals surface area contributed by atoms with Gasteiger partial charge in [-0.15, -0.1) is 0 Å². The molecule has 9 nitrogen and oxygen atoms in total. The predicted molar refractivity (Wildman–Crippen MR) is 147 cm³/mol. The zero-order valence-corrected chi connectivity index (χ0v) is 23.0. The van der Waals surface area contributed by atoms with Crippen LogP contribution in [0.5, 0.6) is 0 Å². The highest BCUT2D eigenvalue weighted by atomic mass is 16.6. The maximum atomic E-state index is 12.9. The molecule has 0 atom stereocenters. The molecule has 1 saturated heterocycles. The van der Waals surface area contributed by atoms with Crippen molar-refractivity contribution < 1.29 is 19.1 Å². The van der Waals surface area contributed by atoms with Crippen LogP contribution < -0.4 is 5.32 Å². The second-order valence-electron chi connectivity index (χ2n) is 11.3. The van der Waals surface area contributed by atoms with Gasteiger partial charge in [0.1, 0.15) is 23.9 Å². The third-order valence-corrected chi connectivity index (χ3v) is 7.18. The molecule has 2 aliphatic rings. The molecule has 9 heteroatoms. The van der Waals surface area contributed by atoms with Gasteiger partial charge in [-0.1, -0.05) is 24.3 Å². The number of benzene rings is 1. The number of ether oxygens (including phenoxy) is 1. The first-order chi connectivity index (χ1) is 18.6. The largest absolute Gasteiger partial charge is 0.444 e. The highest BCUT2D eigenvalue weighted by molar-refractivity contribution is 5.95. The third-order valence-electron chi connectivity index (χ3n) is 7.18. The topological polar surface area (TPSA) is 128 Å². The Kier molecular flexibility index (Phi) is 8.85. The minimum atomic E-state index is -0.611. The van der Waals surface area contributed by atoms with Crippen molar-refractivity contribution in [1.82, 2.24) is 20.2 Å². The van der Waals surface area contributed by atoms with Crippen molar-refractivity contribution in [1.29, 1.82) is 5.26 Å². The summed E-state index contributed by atoms with van der Waals surface area (Å²) in [7, 11) is 0. The molecule has 39 heavy (non-hydrogen) atoms. The zero-order chi connectivity index (χ0) is 28.0. The summed E-state index contributed by atoms with van der Waals surface area (Å²) in [5.74, 6) is 0.258. The lowest BCUT2D eigenvalue weighted by molar-refractivity contribution is -0.131. The Balaban J connectivity index is 1.42. The summed E-state index contributed by atoms with van der Waals surface area (Å²) in [5, 5.41) is 11.6. The van der Waals surface area contributed by atoms with Crippen LogP contribution in [-0.2, 0) is 16.0 Å². The number of rotatable bonds is 7. The van der Waals surface area contributed by atoms with Gasteiger partial charge in [0.25, 0.3) is 0 Å². The molecule has 1 aliphatic heterocycles. The summed E-state index contributed by atoms with van der Waals surface area (Å²) in [6.45, 7) is 6.51. The molecule has 2 N–H and O–H groups in total. The van der Waals surface area contributed by atoms with Crippen LogP contribution >= 0.6 is 0 Å². The maximum Gasteiger partial charge on any atom is 0.408 e. The summed E-state index contributed by atoms with van der Waals surface area (Å²) >= 11 is 0. The molecule has 2 aromatic rings. The zero-order valence-electron chi connectivity index (χ0n) is 23.0. The number of aromatic amines is 1. The second-order valence-corrected chi connectivity index (χ2v) is 11.3. The van der Waals surface area contributed by atoms with Gasteiger partial charge in [0.15, 0.2) is 5.82 Å². The number of nitrogens with one attached hydrogen (secondary N) is 2. The molecule has 1 aliphatic carbocycles. The van der Waals surface area contributed by atoms with E-state index in [0.717, 1.165) is 43.2 Å². The van der Waals surface area contributed by atoms with Crippen LogP contribution in [0.2, 0.25) is 0 Å². The van der Waals surface area contributed by atoms with Crippen LogP contribution in [0.4, 0.5) is 4.79 Å². The van der Waals surface area contributed by atoms with E-state index in [9.17, 15) is 14.4 Å². The van der Waals surface area contributed by atoms with Gasteiger partial charge < -0.3 is 19.9 Å². The Morgan fingerprint density at radius 3 is 2.62 bits per heavy atom. The summed E-state index contributed by atoms with van der Waals surface area (Å²) in [4.78, 5) is 46.1. The van der Waals surface area contributed by atoms with E-state index in [2.05, 4.69) is 39.6 Å². The van der Waals surface area contributed by atoms with Crippen LogP contribution in [0.1, 0.15) is 98.2 Å². The average molecular weight is 532 g/mol. The molecule has 0 saturated carbocycles. The number of aromatic nitrogens is 2. The lowest BCUT2D eigenvalue weighted by Gasteiger charge is -2.33. The second kappa shape index (κ2) is 12.3. The average Bonchev–Trinajstić information content (AvgIpc) is 3.41. The van der Waals surface area contributed by atoms with E-state index in [1.165, 1.54) is 23.8 Å². The van der Waals surface area contributed by atoms with Crippen molar-refractivity contribution in [2.45, 2.75) is 77.2 Å². The monoisotopic (exact) mass is 531 g/mol. The van der Waals surface area contributed by atoms with Gasteiger partial charge in [-0.05, 0) is 87.5 Å². The van der Waals surface area contributed by atoms with Crippen LogP contribution in [0.3, 0.4) is 0 Å². The number of Topliss-reactive ketones (excluding diaryl/α,β-unsaturated/α-hetero) is 1. The number of nitrogens with zero attached hydrogens (tertiary/aromatic N) is 3. The lowest BCUT2D eigenvalue weighted by atomic mass is 9.83. The molecule has 1 fully saturated rings. The van der Waals surface area contributed by atoms with Crippen molar-refractivity contribution in [2.75, 3.05) is 19.6 Å². The fourth-order valence-electron chi connectivity index (χ4n) is 5.20. The number of hydrogen-bond acceptors (Lipinski definition) is 6. The molecule has 1 aromatic carbocycles. The van der Waals surface area contributed by atoms with Crippen molar-refractivity contribution in [3.8, 4) is 6.07 Å². The number of allylic oxidation sites excluding steroid dienone is 2. The number of H-pyrrole nitrogens is 1. The fourth-order valence-corrected chi connectivity index (χ4v) is 5.20. The van der Waals surface area contributed by atoms with Gasteiger partial charge in [-0.3, -0.25) is 9.59 Å². The lowest BCUT2D eigenvalue weighted by Crippen LogP contribution is -2.44. The molecule has 0 unspecified atom stereocenters. The normalized spacial score (nSPS) is 16.3. The maximum absolute atomic E-state index is 12.9. The summed E-state index contributed by atoms with van der Waals surface area (Å²) in [6.07, 6.45) is 9.28. The van der Waals surface area contributed by atoms with E-state index in [4.69, 9.17) is 10.00 Å². The van der Waals surface area contributed by atoms with Gasteiger partial charge in [-0.25, -0.2) is 9.78 Å². The standard InChI is InChI=1S/C30H37N5O4/c1-30(2,3)39-29(38)33-19-27(37)35-13-11-20(12-14-35)22-9-10-23(25(15-22)21-7-5-4-6-8-21)16-26(36)28-32-18-24(17-31)34-28/h7,9-10,15,18,20H,4-6,8,11-14,16,19H2,1-3H3,(H,32,34)(H,33,38). The number of nitriles is 1. The molecule has 1 aromatic heterocycles. The number of carbonyl (C=O) groups is 3. The molecule has 2 heterocycles. The first-order valence-electron chi connectivity index (χ1n) is 13.7. The Morgan fingerprint density at radius 1 is 1.21 bits per heavy atom. The first-order valence-corrected chi connectivity index (χ1v) is 13.7. The van der Waals surface area contributed by atoms with Crippen LogP contribution in [0, 0.1) is 11.3 Å². The Bertz CT molecular complexity index is 1290. The minimum absolute atomic E-state index is 0.0772. The predicted octanol–water partition coefficient (Wildman–Crippen LogP) is 4.89. The smallest absolute Gasteiger partial charge is 0.408 e. The molecule has 0 spiro atoms. The van der Waals surface area contributed by atoms with Crippen molar-refractivity contribution in [3.63, 3.8) is 0 Å². The van der Waals surface area contributed by atoms with Gasteiger partial charge in [0.05, 0.1) is 6.20 Å². The number of hydrogen-bond donors (Lipinski definition) is 2. The Labute approximate surface area is 229 Å². The quantitative estimate of drug-likeness (QED) is 0.489. The number of carbonyl (C=O) groups excluding carboxylic acids is 3. The van der Waals surface area contributed by atoms with E-state index in [-0.39, 0.29) is 36.2 Å². The fraction of sp³-hybridized carbons (Fsp3) is 0.500. The van der Waals surface area contributed by atoms with Crippen molar-refractivity contribution in [2.24, 2.45) is 0 Å². The number of amides is 2. The van der Waals surface area contributed by atoms with Gasteiger partial charge in [-0.2, -0.15) is 5.26 Å². The van der Waals surface area contributed by atoms with Gasteiger partial charge in [0, 0.05) is 19.5 Å². The number of ketones is 1. The van der Waals surface area contributed by atoms with E-state index >= 15 is 0 Å². The molecule has 0 bridgehead atoms. The van der Waals surface area contributed by atoms with Gasteiger partial charge in [0.2, 0.25) is 11.7 Å². The van der Waals surface area contributed by atoms with Crippen LogP contribution in [-0.4, -0.2) is 57.9 Å². The number of piperidine rings is 1. The van der Waals surface area contributed by atoms with E-state index in [1.807, 2.05) is 6.07 Å². The molecule has 206 valence electrons. The Hall–Kier alpha value is -3.93. The van der Waals surface area contributed by atoms with Crippen LogP contribution in [0.25, 0.3) is 5.57 Å². The molecule has 2 amide bonds.